The molecule has 0 amide bonds. The lowest BCUT2D eigenvalue weighted by Gasteiger charge is -2.05. The molecule has 1 rings (SSSR count). The molecule has 1 aromatic rings. The molecule has 0 heterocycles. The van der Waals surface area contributed by atoms with E-state index in [1.54, 1.807) is 0 Å². The zero-order chi connectivity index (χ0) is 9.14. The van der Waals surface area contributed by atoms with Crippen molar-refractivity contribution in [2.24, 2.45) is 5.73 Å². The maximum Gasteiger partial charge on any atom is 0.0320 e. The minimum Gasteiger partial charge on any atom is -0.328 e. The van der Waals surface area contributed by atoms with Crippen molar-refractivity contribution in [1.29, 1.82) is 0 Å². The Bertz CT molecular complexity index is 271. The van der Waals surface area contributed by atoms with Crippen LogP contribution in [0.15, 0.2) is 27.1 Å². The Morgan fingerprint density at radius 2 is 2.00 bits per heavy atom. The second-order valence-electron chi connectivity index (χ2n) is 2.93. The molecule has 0 aliphatic carbocycles. The topological polar surface area (TPSA) is 26.0 Å². The molecule has 66 valence electrons. The largest absolute Gasteiger partial charge is 0.328 e. The number of halogens is 2. The van der Waals surface area contributed by atoms with Crippen molar-refractivity contribution in [1.82, 2.24) is 0 Å². The first-order chi connectivity index (χ1) is 5.59. The minimum absolute atomic E-state index is 0.220. The summed E-state index contributed by atoms with van der Waals surface area (Å²) in [6.45, 7) is 2.01. The van der Waals surface area contributed by atoms with E-state index in [-0.39, 0.29) is 6.04 Å². The number of benzene rings is 1. The van der Waals surface area contributed by atoms with E-state index in [4.69, 9.17) is 5.73 Å². The summed E-state index contributed by atoms with van der Waals surface area (Å²) in [7, 11) is 0. The average Bonchev–Trinajstić information content (AvgIpc) is 1.96. The van der Waals surface area contributed by atoms with E-state index < -0.39 is 0 Å². The average molecular weight is 293 g/mol. The van der Waals surface area contributed by atoms with Gasteiger partial charge in [0.05, 0.1) is 0 Å². The maximum absolute atomic E-state index is 5.69. The maximum atomic E-state index is 5.69. The predicted molar refractivity (Wildman–Crippen MR) is 59.2 cm³/mol. The highest BCUT2D eigenvalue weighted by molar-refractivity contribution is 9.13. The molecule has 0 fully saturated rings. The zero-order valence-electron chi connectivity index (χ0n) is 6.85. The third-order valence-corrected chi connectivity index (χ3v) is 3.42. The van der Waals surface area contributed by atoms with Crippen LogP contribution in [0.1, 0.15) is 12.5 Å². The molecule has 0 aromatic heterocycles. The summed E-state index contributed by atoms with van der Waals surface area (Å²) in [5.41, 5.74) is 6.95. The van der Waals surface area contributed by atoms with E-state index in [1.165, 1.54) is 5.56 Å². The van der Waals surface area contributed by atoms with Crippen LogP contribution in [0, 0.1) is 0 Å². The fourth-order valence-corrected chi connectivity index (χ4v) is 1.71. The summed E-state index contributed by atoms with van der Waals surface area (Å²) in [6, 6.07) is 6.42. The lowest BCUT2D eigenvalue weighted by molar-refractivity contribution is 0.738. The molecule has 0 radical (unpaired) electrons. The molecular formula is C9H11Br2N. The summed E-state index contributed by atoms with van der Waals surface area (Å²) in [4.78, 5) is 0. The fourth-order valence-electron chi connectivity index (χ4n) is 1.04. The van der Waals surface area contributed by atoms with E-state index in [9.17, 15) is 0 Å². The molecule has 12 heavy (non-hydrogen) atoms. The SMILES string of the molecule is C[C@@H](N)Cc1ccc(Br)c(Br)c1. The van der Waals surface area contributed by atoms with Gasteiger partial charge in [0.2, 0.25) is 0 Å². The monoisotopic (exact) mass is 291 g/mol. The third kappa shape index (κ3) is 2.88. The van der Waals surface area contributed by atoms with Crippen LogP contribution in [0.3, 0.4) is 0 Å². The summed E-state index contributed by atoms with van der Waals surface area (Å²) in [5, 5.41) is 0. The van der Waals surface area contributed by atoms with Gasteiger partial charge < -0.3 is 5.73 Å². The van der Waals surface area contributed by atoms with Crippen LogP contribution in [-0.2, 0) is 6.42 Å². The van der Waals surface area contributed by atoms with E-state index in [0.29, 0.717) is 0 Å². The summed E-state index contributed by atoms with van der Waals surface area (Å²) in [5.74, 6) is 0. The Morgan fingerprint density at radius 3 is 2.50 bits per heavy atom. The van der Waals surface area contributed by atoms with Crippen LogP contribution in [0.5, 0.6) is 0 Å². The molecule has 0 aliphatic rings. The summed E-state index contributed by atoms with van der Waals surface area (Å²) < 4.78 is 2.16. The lowest BCUT2D eigenvalue weighted by Crippen LogP contribution is -2.17. The van der Waals surface area contributed by atoms with Crippen molar-refractivity contribution in [3.05, 3.63) is 32.7 Å². The minimum atomic E-state index is 0.220. The standard InChI is InChI=1S/C9H11Br2N/c1-6(12)4-7-2-3-8(10)9(11)5-7/h2-3,5-6H,4,12H2,1H3/t6-/m1/s1. The normalized spacial score (nSPS) is 13.0. The van der Waals surface area contributed by atoms with Crippen LogP contribution in [0.4, 0.5) is 0 Å². The quantitative estimate of drug-likeness (QED) is 0.891. The van der Waals surface area contributed by atoms with Gasteiger partial charge in [-0.25, -0.2) is 0 Å². The van der Waals surface area contributed by atoms with Gasteiger partial charge in [-0.05, 0) is 62.9 Å². The smallest absolute Gasteiger partial charge is 0.0320 e. The van der Waals surface area contributed by atoms with Crippen LogP contribution in [-0.4, -0.2) is 6.04 Å². The Morgan fingerprint density at radius 1 is 1.33 bits per heavy atom. The van der Waals surface area contributed by atoms with Crippen molar-refractivity contribution in [3.63, 3.8) is 0 Å². The van der Waals surface area contributed by atoms with Gasteiger partial charge in [0, 0.05) is 15.0 Å². The van der Waals surface area contributed by atoms with Crippen LogP contribution < -0.4 is 5.73 Å². The number of hydrogen-bond acceptors (Lipinski definition) is 1. The van der Waals surface area contributed by atoms with E-state index in [0.717, 1.165) is 15.4 Å². The van der Waals surface area contributed by atoms with Gasteiger partial charge in [-0.2, -0.15) is 0 Å². The Balaban J connectivity index is 2.82. The van der Waals surface area contributed by atoms with Gasteiger partial charge in [0.1, 0.15) is 0 Å². The lowest BCUT2D eigenvalue weighted by atomic mass is 10.1. The van der Waals surface area contributed by atoms with Gasteiger partial charge in [-0.3, -0.25) is 0 Å². The Hall–Kier alpha value is 0.140. The van der Waals surface area contributed by atoms with Crippen LogP contribution in [0.2, 0.25) is 0 Å². The second-order valence-corrected chi connectivity index (χ2v) is 4.64. The molecule has 0 saturated carbocycles. The number of hydrogen-bond donors (Lipinski definition) is 1. The molecule has 0 unspecified atom stereocenters. The molecule has 0 aliphatic heterocycles. The molecule has 0 spiro atoms. The van der Waals surface area contributed by atoms with Gasteiger partial charge in [0.25, 0.3) is 0 Å². The van der Waals surface area contributed by atoms with Crippen molar-refractivity contribution in [2.45, 2.75) is 19.4 Å². The Labute approximate surface area is 89.6 Å². The summed E-state index contributed by atoms with van der Waals surface area (Å²) in [6.07, 6.45) is 0.922. The van der Waals surface area contributed by atoms with Crippen LogP contribution in [0.25, 0.3) is 0 Å². The molecule has 2 N–H and O–H groups in total. The van der Waals surface area contributed by atoms with E-state index in [2.05, 4.69) is 44.0 Å². The number of rotatable bonds is 2. The highest BCUT2D eigenvalue weighted by Gasteiger charge is 2.00. The van der Waals surface area contributed by atoms with Gasteiger partial charge in [0.15, 0.2) is 0 Å². The molecule has 1 aromatic carbocycles. The highest BCUT2D eigenvalue weighted by Crippen LogP contribution is 2.24. The molecular weight excluding hydrogens is 282 g/mol. The number of nitrogens with two attached hydrogens (primary N) is 1. The first kappa shape index (κ1) is 10.2. The van der Waals surface area contributed by atoms with Crippen molar-refractivity contribution >= 4 is 31.9 Å². The zero-order valence-corrected chi connectivity index (χ0v) is 10.0. The molecule has 1 nitrogen and oxygen atoms in total. The molecule has 3 heteroatoms. The fraction of sp³-hybridized carbons (Fsp3) is 0.333. The summed E-state index contributed by atoms with van der Waals surface area (Å²) >= 11 is 6.87. The van der Waals surface area contributed by atoms with E-state index in [1.807, 2.05) is 13.0 Å². The van der Waals surface area contributed by atoms with Gasteiger partial charge >= 0.3 is 0 Å². The first-order valence-corrected chi connectivity index (χ1v) is 5.37. The van der Waals surface area contributed by atoms with Crippen LogP contribution >= 0.6 is 31.9 Å². The van der Waals surface area contributed by atoms with Crippen molar-refractivity contribution < 1.29 is 0 Å². The second kappa shape index (κ2) is 4.40. The van der Waals surface area contributed by atoms with Gasteiger partial charge in [-0.1, -0.05) is 6.07 Å². The molecule has 0 saturated heterocycles. The first-order valence-electron chi connectivity index (χ1n) is 3.79. The van der Waals surface area contributed by atoms with E-state index >= 15 is 0 Å². The molecule has 1 atom stereocenters. The highest BCUT2D eigenvalue weighted by atomic mass is 79.9. The van der Waals surface area contributed by atoms with Gasteiger partial charge in [-0.15, -0.1) is 0 Å². The Kier molecular flexibility index (Phi) is 3.75. The predicted octanol–water partition coefficient (Wildman–Crippen LogP) is 3.10. The van der Waals surface area contributed by atoms with Crippen molar-refractivity contribution in [3.8, 4) is 0 Å². The van der Waals surface area contributed by atoms with Crippen molar-refractivity contribution in [2.75, 3.05) is 0 Å². The third-order valence-electron chi connectivity index (χ3n) is 1.54. The molecule has 0 bridgehead atoms.